The first-order chi connectivity index (χ1) is 42.3. The van der Waals surface area contributed by atoms with E-state index >= 15 is 0 Å². The van der Waals surface area contributed by atoms with Crippen molar-refractivity contribution in [2.75, 3.05) is 159 Å². The summed E-state index contributed by atoms with van der Waals surface area (Å²) in [5.74, 6) is 0.330. The number of likely N-dealkylation sites (N-methyl/N-ethyl adjacent to an activating group) is 4. The van der Waals surface area contributed by atoms with Gasteiger partial charge in [-0.05, 0) is 53.6 Å². The maximum Gasteiger partial charge on any atom is 0.223 e. The summed E-state index contributed by atoms with van der Waals surface area (Å²) in [4.78, 5) is 40.7. The fraction of sp³-hybridized carbons (Fsp3) is 0.973. The molecule has 0 fully saturated rings. The summed E-state index contributed by atoms with van der Waals surface area (Å²) in [6.07, 6.45) is 54.5. The average molecular weight is 1220 g/mol. The van der Waals surface area contributed by atoms with Crippen LogP contribution in [0, 0.1) is 0 Å². The van der Waals surface area contributed by atoms with E-state index in [1.165, 1.54) is 231 Å². The molecule has 86 heavy (non-hydrogen) atoms. The lowest BCUT2D eigenvalue weighted by atomic mass is 10.1. The predicted octanol–water partition coefficient (Wildman–Crippen LogP) is 17.7. The number of amides is 2. The summed E-state index contributed by atoms with van der Waals surface area (Å²) in [6, 6.07) is 0. The van der Waals surface area contributed by atoms with Crippen molar-refractivity contribution in [3.8, 4) is 0 Å². The smallest absolute Gasteiger partial charge is 0.223 e. The lowest BCUT2D eigenvalue weighted by Gasteiger charge is -2.29. The van der Waals surface area contributed by atoms with Gasteiger partial charge in [-0.2, -0.15) is 0 Å². The first-order valence-electron chi connectivity index (χ1n) is 37.9. The van der Waals surface area contributed by atoms with Gasteiger partial charge in [0.1, 0.15) is 0 Å². The highest BCUT2D eigenvalue weighted by atomic mass is 16.5. The summed E-state index contributed by atoms with van der Waals surface area (Å²) in [5, 5.41) is 0. The molecule has 2 amide bonds. The molecule has 0 saturated heterocycles. The summed E-state index contributed by atoms with van der Waals surface area (Å²) in [5.41, 5.74) is 0. The van der Waals surface area contributed by atoms with Crippen LogP contribution in [0.15, 0.2) is 0 Å². The molecule has 0 aromatic rings. The number of hydrogen-bond donors (Lipinski definition) is 0. The van der Waals surface area contributed by atoms with E-state index in [0.717, 1.165) is 131 Å². The third-order valence-electron chi connectivity index (χ3n) is 17.9. The minimum absolute atomic E-state index is 0.165. The zero-order valence-corrected chi connectivity index (χ0v) is 59.4. The molecule has 0 bridgehead atoms. The fourth-order valence-electron chi connectivity index (χ4n) is 11.5. The molecular weight excluding hydrogens is 1070 g/mol. The zero-order chi connectivity index (χ0) is 62.7. The molecule has 0 aliphatic rings. The maximum absolute atomic E-state index is 13.6. The Balaban J connectivity index is 4.93. The van der Waals surface area contributed by atoms with Crippen LogP contribution in [0.4, 0.5) is 0 Å². The Morgan fingerprint density at radius 3 is 0.651 bits per heavy atom. The van der Waals surface area contributed by atoms with Crippen molar-refractivity contribution in [3.05, 3.63) is 0 Å². The van der Waals surface area contributed by atoms with Gasteiger partial charge in [-0.15, -0.1) is 0 Å². The van der Waals surface area contributed by atoms with E-state index in [2.05, 4.69) is 75.2 Å². The monoisotopic (exact) mass is 1220 g/mol. The van der Waals surface area contributed by atoms with Gasteiger partial charge in [0.15, 0.2) is 0 Å². The molecule has 0 atom stereocenters. The number of rotatable bonds is 73. The van der Waals surface area contributed by atoms with Crippen molar-refractivity contribution in [1.82, 2.24) is 29.4 Å². The van der Waals surface area contributed by atoms with Gasteiger partial charge in [0.2, 0.25) is 11.8 Å². The number of ether oxygens (including phenoxy) is 4. The van der Waals surface area contributed by atoms with Gasteiger partial charge in [-0.25, -0.2) is 0 Å². The van der Waals surface area contributed by atoms with Crippen LogP contribution in [-0.4, -0.2) is 200 Å². The molecule has 0 aromatic carbocycles. The normalized spacial score (nSPS) is 11.9. The third kappa shape index (κ3) is 60.2. The van der Waals surface area contributed by atoms with Crippen LogP contribution >= 0.6 is 0 Å². The van der Waals surface area contributed by atoms with Gasteiger partial charge >= 0.3 is 0 Å². The minimum atomic E-state index is 0.165. The molecule has 0 N–H and O–H groups in total. The molecule has 0 radical (unpaired) electrons. The summed E-state index contributed by atoms with van der Waals surface area (Å²) in [7, 11) is 4.28. The molecule has 0 unspecified atom stereocenters. The molecule has 0 aliphatic carbocycles. The topological polar surface area (TPSA) is 90.5 Å². The summed E-state index contributed by atoms with van der Waals surface area (Å²) >= 11 is 0. The standard InChI is InChI=1S/C74H152N6O6/c1-9-15-19-23-27-31-35-39-43-47-65-83-69-61-77(62-70-84-66-48-44-40-36-32-28-24-20-16-10-2)57-55-75(7)53-51-73(81)79(13-5)59-60-80(14-6)74(82)52-54-76(8)56-58-78(63-71-85-67-49-45-41-37-33-29-25-21-17-11-3)64-72-86-68-50-46-42-38-34-30-26-22-18-12-4/h9-72H2,1-8H3. The Hall–Kier alpha value is -1.38. The van der Waals surface area contributed by atoms with Crippen LogP contribution in [0.5, 0.6) is 0 Å². The van der Waals surface area contributed by atoms with Crippen LogP contribution in [0.25, 0.3) is 0 Å². The van der Waals surface area contributed by atoms with Gasteiger partial charge in [-0.3, -0.25) is 19.4 Å². The number of nitrogens with zero attached hydrogens (tertiary/aromatic N) is 6. The lowest BCUT2D eigenvalue weighted by molar-refractivity contribution is -0.135. The highest BCUT2D eigenvalue weighted by Gasteiger charge is 2.18. The molecule has 0 aliphatic heterocycles. The van der Waals surface area contributed by atoms with E-state index in [4.69, 9.17) is 18.9 Å². The van der Waals surface area contributed by atoms with E-state index in [1.54, 1.807) is 0 Å². The second kappa shape index (κ2) is 69.5. The molecule has 12 nitrogen and oxygen atoms in total. The minimum Gasteiger partial charge on any atom is -0.380 e. The van der Waals surface area contributed by atoms with Gasteiger partial charge in [-0.1, -0.05) is 259 Å². The zero-order valence-electron chi connectivity index (χ0n) is 59.4. The second-order valence-corrected chi connectivity index (χ2v) is 25.9. The number of hydrogen-bond acceptors (Lipinski definition) is 10. The van der Waals surface area contributed by atoms with Crippen molar-refractivity contribution in [2.24, 2.45) is 0 Å². The number of carbonyl (C=O) groups excluding carboxylic acids is 2. The van der Waals surface area contributed by atoms with Crippen molar-refractivity contribution in [2.45, 2.75) is 311 Å². The van der Waals surface area contributed by atoms with Crippen LogP contribution in [-0.2, 0) is 28.5 Å². The maximum atomic E-state index is 13.6. The quantitative estimate of drug-likeness (QED) is 0.0549. The van der Waals surface area contributed by atoms with Crippen molar-refractivity contribution < 1.29 is 28.5 Å². The van der Waals surface area contributed by atoms with Crippen LogP contribution < -0.4 is 0 Å². The highest BCUT2D eigenvalue weighted by molar-refractivity contribution is 5.77. The molecule has 12 heteroatoms. The molecule has 0 aromatic heterocycles. The van der Waals surface area contributed by atoms with Crippen LogP contribution in [0.1, 0.15) is 311 Å². The Morgan fingerprint density at radius 1 is 0.233 bits per heavy atom. The second-order valence-electron chi connectivity index (χ2n) is 25.9. The molecule has 0 spiro atoms. The SMILES string of the molecule is CCCCCCCCCCCCOCCN(CCOCCCCCCCCCCCC)CCN(C)CCC(=O)N(CC)CCN(CC)C(=O)CCN(C)CCN(CCOCCCCCCCCCCCC)CCOCCCCCCCCCCCC. The Kier molecular flexibility index (Phi) is 68.4. The Labute approximate surface area is 537 Å². The molecule has 0 rings (SSSR count). The van der Waals surface area contributed by atoms with Gasteiger partial charge in [0.05, 0.1) is 26.4 Å². The van der Waals surface area contributed by atoms with Gasteiger partial charge in [0.25, 0.3) is 0 Å². The van der Waals surface area contributed by atoms with Crippen LogP contribution in [0.2, 0.25) is 0 Å². The van der Waals surface area contributed by atoms with E-state index in [0.29, 0.717) is 52.1 Å². The molecule has 514 valence electrons. The third-order valence-corrected chi connectivity index (χ3v) is 17.9. The average Bonchev–Trinajstić information content (AvgIpc) is 3.66. The van der Waals surface area contributed by atoms with E-state index in [1.807, 2.05) is 9.80 Å². The highest BCUT2D eigenvalue weighted by Crippen LogP contribution is 2.15. The summed E-state index contributed by atoms with van der Waals surface area (Å²) < 4.78 is 24.7. The molecular formula is C74H152N6O6. The van der Waals surface area contributed by atoms with E-state index in [9.17, 15) is 9.59 Å². The first kappa shape index (κ1) is 84.6. The van der Waals surface area contributed by atoms with E-state index in [-0.39, 0.29) is 11.8 Å². The van der Waals surface area contributed by atoms with Gasteiger partial charge < -0.3 is 38.5 Å². The van der Waals surface area contributed by atoms with E-state index < -0.39 is 0 Å². The predicted molar refractivity (Wildman–Crippen MR) is 372 cm³/mol. The number of unbranched alkanes of at least 4 members (excludes halogenated alkanes) is 36. The Morgan fingerprint density at radius 2 is 0.442 bits per heavy atom. The first-order valence-corrected chi connectivity index (χ1v) is 37.9. The van der Waals surface area contributed by atoms with Gasteiger partial charge in [0, 0.05) is 131 Å². The lowest BCUT2D eigenvalue weighted by Crippen LogP contribution is -2.43. The largest absolute Gasteiger partial charge is 0.380 e. The molecule has 0 heterocycles. The number of carbonyl (C=O) groups is 2. The fourth-order valence-corrected chi connectivity index (χ4v) is 11.5. The van der Waals surface area contributed by atoms with Crippen molar-refractivity contribution in [3.63, 3.8) is 0 Å². The van der Waals surface area contributed by atoms with Crippen molar-refractivity contribution >= 4 is 11.8 Å². The Bertz CT molecular complexity index is 1190. The van der Waals surface area contributed by atoms with Crippen LogP contribution in [0.3, 0.4) is 0 Å². The summed E-state index contributed by atoms with van der Waals surface area (Å²) in [6.45, 7) is 30.8. The van der Waals surface area contributed by atoms with Crippen molar-refractivity contribution in [1.29, 1.82) is 0 Å². The molecule has 0 saturated carbocycles.